The van der Waals surface area contributed by atoms with Crippen molar-refractivity contribution in [2.24, 2.45) is 0 Å². The number of methoxy groups -OCH3 is 1. The van der Waals surface area contributed by atoms with Crippen molar-refractivity contribution >= 4 is 29.1 Å². The first-order chi connectivity index (χ1) is 8.15. The van der Waals surface area contributed by atoms with E-state index >= 15 is 0 Å². The van der Waals surface area contributed by atoms with Gasteiger partial charge in [-0.3, -0.25) is 4.79 Å². The molecular formula is C9H14ClN5O2. The first-order valence-electron chi connectivity index (χ1n) is 4.90. The predicted octanol–water partition coefficient (Wildman–Crippen LogP) is -0.113. The first kappa shape index (κ1) is 13.5. The summed E-state index contributed by atoms with van der Waals surface area (Å²) in [6.07, 6.45) is 1.27. The molecule has 0 saturated heterocycles. The van der Waals surface area contributed by atoms with Crippen LogP contribution < -0.4 is 16.4 Å². The van der Waals surface area contributed by atoms with Gasteiger partial charge in [-0.25, -0.2) is 9.97 Å². The van der Waals surface area contributed by atoms with Gasteiger partial charge in [-0.2, -0.15) is 0 Å². The van der Waals surface area contributed by atoms with Crippen LogP contribution in [0.15, 0.2) is 6.33 Å². The van der Waals surface area contributed by atoms with Crippen LogP contribution >= 0.6 is 11.6 Å². The number of nitrogens with two attached hydrogens (primary N) is 1. The second kappa shape index (κ2) is 6.87. The van der Waals surface area contributed by atoms with Crippen LogP contribution in [0, 0.1) is 0 Å². The van der Waals surface area contributed by atoms with Crippen molar-refractivity contribution in [2.45, 2.75) is 0 Å². The van der Waals surface area contributed by atoms with Gasteiger partial charge in [0, 0.05) is 13.7 Å². The molecule has 1 rings (SSSR count). The largest absolute Gasteiger partial charge is 0.383 e. The number of halogens is 1. The standard InChI is InChI=1S/C9H14ClN5O2/c1-17-3-2-12-6(16)4-13-9-7(10)8(11)14-5-15-9/h5H,2-4H2,1H3,(H,12,16)(H3,11,13,14,15). The van der Waals surface area contributed by atoms with Crippen molar-refractivity contribution in [3.63, 3.8) is 0 Å². The minimum absolute atomic E-state index is 0.0554. The predicted molar refractivity (Wildman–Crippen MR) is 64.8 cm³/mol. The minimum Gasteiger partial charge on any atom is -0.383 e. The molecule has 0 atom stereocenters. The fourth-order valence-electron chi connectivity index (χ4n) is 1.03. The van der Waals surface area contributed by atoms with E-state index in [4.69, 9.17) is 22.1 Å². The molecule has 1 heterocycles. The molecule has 0 aromatic carbocycles. The Morgan fingerprint density at radius 3 is 3.06 bits per heavy atom. The summed E-state index contributed by atoms with van der Waals surface area (Å²) in [5, 5.41) is 5.61. The second-order valence-electron chi connectivity index (χ2n) is 3.12. The van der Waals surface area contributed by atoms with Gasteiger partial charge >= 0.3 is 0 Å². The van der Waals surface area contributed by atoms with E-state index in [-0.39, 0.29) is 23.3 Å². The van der Waals surface area contributed by atoms with E-state index < -0.39 is 0 Å². The van der Waals surface area contributed by atoms with Crippen LogP contribution in [0.25, 0.3) is 0 Å². The quantitative estimate of drug-likeness (QED) is 0.616. The Bertz CT molecular complexity index is 388. The molecule has 1 aromatic heterocycles. The molecule has 4 N–H and O–H groups in total. The van der Waals surface area contributed by atoms with Gasteiger partial charge in [0.25, 0.3) is 0 Å². The minimum atomic E-state index is -0.185. The highest BCUT2D eigenvalue weighted by Crippen LogP contribution is 2.22. The van der Waals surface area contributed by atoms with Crippen LogP contribution in [0.5, 0.6) is 0 Å². The number of amides is 1. The van der Waals surface area contributed by atoms with Crippen LogP contribution in [0.3, 0.4) is 0 Å². The molecule has 0 saturated carbocycles. The Labute approximate surface area is 104 Å². The fourth-order valence-corrected chi connectivity index (χ4v) is 1.19. The van der Waals surface area contributed by atoms with Crippen LogP contribution in [0.1, 0.15) is 0 Å². The van der Waals surface area contributed by atoms with E-state index in [9.17, 15) is 4.79 Å². The fraction of sp³-hybridized carbons (Fsp3) is 0.444. The molecular weight excluding hydrogens is 246 g/mol. The number of ether oxygens (including phenoxy) is 1. The molecule has 1 amide bonds. The Balaban J connectivity index is 2.39. The number of rotatable bonds is 6. The molecule has 0 aliphatic rings. The van der Waals surface area contributed by atoms with Crippen molar-refractivity contribution in [3.8, 4) is 0 Å². The number of hydrogen-bond donors (Lipinski definition) is 3. The number of aromatic nitrogens is 2. The number of hydrogen-bond acceptors (Lipinski definition) is 6. The third kappa shape index (κ3) is 4.41. The third-order valence-corrected chi connectivity index (χ3v) is 2.23. The van der Waals surface area contributed by atoms with Crippen LogP contribution in [-0.4, -0.2) is 42.7 Å². The zero-order valence-corrected chi connectivity index (χ0v) is 10.1. The number of carbonyl (C=O) groups is 1. The summed E-state index contributed by atoms with van der Waals surface area (Å²) >= 11 is 5.84. The van der Waals surface area contributed by atoms with Crippen molar-refractivity contribution in [2.75, 3.05) is 37.9 Å². The number of nitrogen functional groups attached to an aromatic ring is 1. The van der Waals surface area contributed by atoms with Gasteiger partial charge in [-0.05, 0) is 0 Å². The number of nitrogens with one attached hydrogen (secondary N) is 2. The lowest BCUT2D eigenvalue weighted by atomic mass is 10.5. The first-order valence-corrected chi connectivity index (χ1v) is 5.28. The zero-order chi connectivity index (χ0) is 12.7. The van der Waals surface area contributed by atoms with Gasteiger partial charge in [0.1, 0.15) is 17.2 Å². The van der Waals surface area contributed by atoms with E-state index in [2.05, 4.69) is 20.6 Å². The molecule has 17 heavy (non-hydrogen) atoms. The molecule has 7 nitrogen and oxygen atoms in total. The van der Waals surface area contributed by atoms with Crippen molar-refractivity contribution < 1.29 is 9.53 Å². The van der Waals surface area contributed by atoms with Gasteiger partial charge in [0.05, 0.1) is 13.2 Å². The van der Waals surface area contributed by atoms with E-state index in [1.807, 2.05) is 0 Å². The second-order valence-corrected chi connectivity index (χ2v) is 3.50. The molecule has 0 aliphatic carbocycles. The number of nitrogens with zero attached hydrogens (tertiary/aromatic N) is 2. The van der Waals surface area contributed by atoms with E-state index in [1.165, 1.54) is 6.33 Å². The Kier molecular flexibility index (Phi) is 5.44. The van der Waals surface area contributed by atoms with E-state index in [0.29, 0.717) is 19.0 Å². The molecule has 0 spiro atoms. The molecule has 0 radical (unpaired) electrons. The van der Waals surface area contributed by atoms with Gasteiger partial charge in [0.15, 0.2) is 5.82 Å². The summed E-state index contributed by atoms with van der Waals surface area (Å²) in [4.78, 5) is 18.9. The van der Waals surface area contributed by atoms with Gasteiger partial charge in [0.2, 0.25) is 5.91 Å². The van der Waals surface area contributed by atoms with Crippen LogP contribution in [0.2, 0.25) is 5.02 Å². The lowest BCUT2D eigenvalue weighted by Crippen LogP contribution is -2.32. The van der Waals surface area contributed by atoms with Crippen LogP contribution in [0.4, 0.5) is 11.6 Å². The van der Waals surface area contributed by atoms with Crippen LogP contribution in [-0.2, 0) is 9.53 Å². The molecule has 0 fully saturated rings. The summed E-state index contributed by atoms with van der Waals surface area (Å²) in [5.74, 6) is 0.320. The number of anilines is 2. The van der Waals surface area contributed by atoms with Gasteiger partial charge < -0.3 is 21.1 Å². The van der Waals surface area contributed by atoms with Crippen molar-refractivity contribution in [1.82, 2.24) is 15.3 Å². The summed E-state index contributed by atoms with van der Waals surface area (Å²) in [7, 11) is 1.56. The lowest BCUT2D eigenvalue weighted by molar-refractivity contribution is -0.119. The summed E-state index contributed by atoms with van der Waals surface area (Å²) < 4.78 is 4.80. The smallest absolute Gasteiger partial charge is 0.239 e. The Morgan fingerprint density at radius 2 is 2.35 bits per heavy atom. The summed E-state index contributed by atoms with van der Waals surface area (Å²) in [6, 6.07) is 0. The Morgan fingerprint density at radius 1 is 1.59 bits per heavy atom. The SMILES string of the molecule is COCCNC(=O)CNc1ncnc(N)c1Cl. The molecule has 1 aromatic rings. The molecule has 94 valence electrons. The van der Waals surface area contributed by atoms with E-state index in [0.717, 1.165) is 0 Å². The molecule has 0 bridgehead atoms. The lowest BCUT2D eigenvalue weighted by Gasteiger charge is -2.08. The Hall–Kier alpha value is -1.60. The van der Waals surface area contributed by atoms with Crippen molar-refractivity contribution in [1.29, 1.82) is 0 Å². The summed E-state index contributed by atoms with van der Waals surface area (Å²) in [5.41, 5.74) is 5.49. The average molecular weight is 260 g/mol. The van der Waals surface area contributed by atoms with Gasteiger partial charge in [-0.1, -0.05) is 11.6 Å². The maximum atomic E-state index is 11.3. The highest BCUT2D eigenvalue weighted by atomic mass is 35.5. The molecule has 8 heteroatoms. The monoisotopic (exact) mass is 259 g/mol. The maximum absolute atomic E-state index is 11.3. The summed E-state index contributed by atoms with van der Waals surface area (Å²) in [6.45, 7) is 0.976. The topological polar surface area (TPSA) is 102 Å². The normalized spacial score (nSPS) is 10.0. The highest BCUT2D eigenvalue weighted by molar-refractivity contribution is 6.35. The third-order valence-electron chi connectivity index (χ3n) is 1.86. The molecule has 0 unspecified atom stereocenters. The average Bonchev–Trinajstić information content (AvgIpc) is 2.31. The zero-order valence-electron chi connectivity index (χ0n) is 9.36. The van der Waals surface area contributed by atoms with Gasteiger partial charge in [-0.15, -0.1) is 0 Å². The maximum Gasteiger partial charge on any atom is 0.239 e. The number of carbonyl (C=O) groups excluding carboxylic acids is 1. The highest BCUT2D eigenvalue weighted by Gasteiger charge is 2.07. The van der Waals surface area contributed by atoms with Crippen molar-refractivity contribution in [3.05, 3.63) is 11.3 Å². The van der Waals surface area contributed by atoms with E-state index in [1.54, 1.807) is 7.11 Å². The molecule has 0 aliphatic heterocycles.